The van der Waals surface area contributed by atoms with Crippen molar-refractivity contribution in [3.63, 3.8) is 0 Å². The molecule has 0 aliphatic rings. The Hall–Kier alpha value is -2.42. The molecule has 0 spiro atoms. The molecule has 0 fully saturated rings. The second kappa shape index (κ2) is 7.22. The molecule has 2 aromatic rings. The van der Waals surface area contributed by atoms with Crippen LogP contribution in [0.15, 0.2) is 48.7 Å². The molecule has 25 heavy (non-hydrogen) atoms. The Balaban J connectivity index is 2.55. The van der Waals surface area contributed by atoms with Gasteiger partial charge in [0.15, 0.2) is 17.4 Å². The molecular formula is C19H19ClN2O3. The van der Waals surface area contributed by atoms with Crippen molar-refractivity contribution in [1.82, 2.24) is 0 Å². The number of hydrogen-bond acceptors (Lipinski definition) is 4. The molecule has 0 amide bonds. The zero-order valence-corrected chi connectivity index (χ0v) is 14.8. The average molecular weight is 359 g/mol. The van der Waals surface area contributed by atoms with Gasteiger partial charge >= 0.3 is 0 Å². The maximum absolute atomic E-state index is 12.4. The van der Waals surface area contributed by atoms with Gasteiger partial charge in [-0.2, -0.15) is 9.99 Å². The zero-order valence-electron chi connectivity index (χ0n) is 14.1. The second-order valence-corrected chi connectivity index (χ2v) is 6.86. The molecule has 2 rings (SSSR count). The topological polar surface area (TPSA) is 88.0 Å². The van der Waals surface area contributed by atoms with E-state index in [2.05, 4.69) is 6.07 Å². The van der Waals surface area contributed by atoms with E-state index in [0.717, 1.165) is 0 Å². The third kappa shape index (κ3) is 3.98. The number of halogens is 1. The molecule has 0 saturated carbocycles. The van der Waals surface area contributed by atoms with Crippen molar-refractivity contribution in [3.05, 3.63) is 70.1 Å². The monoisotopic (exact) mass is 358 g/mol. The lowest BCUT2D eigenvalue weighted by Gasteiger charge is -2.26. The van der Waals surface area contributed by atoms with E-state index in [1.165, 1.54) is 32.2 Å². The molecule has 5 nitrogen and oxygen atoms in total. The predicted octanol–water partition coefficient (Wildman–Crippen LogP) is 2.90. The van der Waals surface area contributed by atoms with Crippen molar-refractivity contribution < 1.29 is 14.6 Å². The second-order valence-electron chi connectivity index (χ2n) is 6.42. The Bertz CT molecular complexity index is 810. The van der Waals surface area contributed by atoms with Crippen LogP contribution >= 0.6 is 11.6 Å². The van der Waals surface area contributed by atoms with Crippen LogP contribution in [0.3, 0.4) is 0 Å². The van der Waals surface area contributed by atoms with Crippen molar-refractivity contribution in [1.29, 1.82) is 5.26 Å². The standard InChI is InChI=1S/C19H19ClN2O3/c1-18(2,24)17(23)10-11-19(13-21,14-6-4-3-5-7-14)16-9-8-15(20)12-22(16)25/h3-9,12,24H,10-11H2,1-2H3/t19-/m1/s1. The highest BCUT2D eigenvalue weighted by molar-refractivity contribution is 6.30. The molecule has 0 unspecified atom stereocenters. The largest absolute Gasteiger partial charge is 0.618 e. The van der Waals surface area contributed by atoms with Crippen molar-refractivity contribution in [2.24, 2.45) is 0 Å². The minimum atomic E-state index is -1.49. The summed E-state index contributed by atoms with van der Waals surface area (Å²) in [6.45, 7) is 2.81. The highest BCUT2D eigenvalue weighted by atomic mass is 35.5. The quantitative estimate of drug-likeness (QED) is 0.635. The minimum absolute atomic E-state index is 0.0470. The van der Waals surface area contributed by atoms with Crippen LogP contribution in [0.25, 0.3) is 0 Å². The number of aromatic nitrogens is 1. The van der Waals surface area contributed by atoms with Crippen LogP contribution < -0.4 is 4.73 Å². The normalized spacial score (nSPS) is 13.7. The lowest BCUT2D eigenvalue weighted by Crippen LogP contribution is -2.43. The van der Waals surface area contributed by atoms with Crippen LogP contribution in [-0.2, 0) is 10.2 Å². The fraction of sp³-hybridized carbons (Fsp3) is 0.316. The van der Waals surface area contributed by atoms with Crippen molar-refractivity contribution in [3.8, 4) is 6.07 Å². The summed E-state index contributed by atoms with van der Waals surface area (Å²) < 4.78 is 0.563. The first-order chi connectivity index (χ1) is 11.7. The van der Waals surface area contributed by atoms with Crippen LogP contribution in [0.1, 0.15) is 37.9 Å². The van der Waals surface area contributed by atoms with Gasteiger partial charge in [-0.1, -0.05) is 41.9 Å². The summed E-state index contributed by atoms with van der Waals surface area (Å²) >= 11 is 5.85. The third-order valence-corrected chi connectivity index (χ3v) is 4.41. The van der Waals surface area contributed by atoms with E-state index in [4.69, 9.17) is 11.6 Å². The van der Waals surface area contributed by atoms with Crippen molar-refractivity contribution in [2.45, 2.75) is 37.7 Å². The van der Waals surface area contributed by atoms with Gasteiger partial charge in [-0.3, -0.25) is 4.79 Å². The van der Waals surface area contributed by atoms with Crippen molar-refractivity contribution >= 4 is 17.4 Å². The molecule has 1 aromatic heterocycles. The molecule has 1 heterocycles. The van der Waals surface area contributed by atoms with E-state index in [9.17, 15) is 20.4 Å². The number of ketones is 1. The summed E-state index contributed by atoms with van der Waals surface area (Å²) in [7, 11) is 0. The van der Waals surface area contributed by atoms with E-state index in [0.29, 0.717) is 10.3 Å². The first kappa shape index (κ1) is 18.9. The minimum Gasteiger partial charge on any atom is -0.618 e. The van der Waals surface area contributed by atoms with Gasteiger partial charge < -0.3 is 10.3 Å². The number of benzene rings is 1. The molecule has 0 aliphatic heterocycles. The number of aliphatic hydroxyl groups is 1. The maximum atomic E-state index is 12.4. The lowest BCUT2D eigenvalue weighted by molar-refractivity contribution is -0.616. The first-order valence-corrected chi connectivity index (χ1v) is 8.20. The fourth-order valence-electron chi connectivity index (χ4n) is 2.71. The summed E-state index contributed by atoms with van der Waals surface area (Å²) in [5.41, 5.74) is -2.03. The Morgan fingerprint density at radius 3 is 2.44 bits per heavy atom. The first-order valence-electron chi connectivity index (χ1n) is 7.82. The van der Waals surface area contributed by atoms with Crippen LogP contribution in [0.2, 0.25) is 5.02 Å². The molecule has 0 aliphatic carbocycles. The Labute approximate surface area is 151 Å². The molecule has 1 N–H and O–H groups in total. The van der Waals surface area contributed by atoms with Gasteiger partial charge in [0.1, 0.15) is 10.6 Å². The van der Waals surface area contributed by atoms with E-state index in [1.54, 1.807) is 30.3 Å². The summed E-state index contributed by atoms with van der Waals surface area (Å²) in [5, 5.41) is 32.5. The third-order valence-electron chi connectivity index (χ3n) is 4.18. The fourth-order valence-corrected chi connectivity index (χ4v) is 2.87. The zero-order chi connectivity index (χ0) is 18.7. The Morgan fingerprint density at radius 2 is 1.92 bits per heavy atom. The highest BCUT2D eigenvalue weighted by Crippen LogP contribution is 2.35. The van der Waals surface area contributed by atoms with Crippen LogP contribution in [0, 0.1) is 16.5 Å². The van der Waals surface area contributed by atoms with Crippen LogP contribution in [0.4, 0.5) is 0 Å². The summed E-state index contributed by atoms with van der Waals surface area (Å²) in [6, 6.07) is 14.1. The molecule has 6 heteroatoms. The van der Waals surface area contributed by atoms with E-state index < -0.39 is 16.8 Å². The number of nitrogens with zero attached hydrogens (tertiary/aromatic N) is 2. The van der Waals surface area contributed by atoms with Gasteiger partial charge in [0.05, 0.1) is 6.07 Å². The number of Topliss-reactive ketones (excluding diaryl/α,β-unsaturated/α-hetero) is 1. The number of carbonyl (C=O) groups is 1. The van der Waals surface area contributed by atoms with E-state index >= 15 is 0 Å². The molecule has 0 saturated heterocycles. The van der Waals surface area contributed by atoms with Gasteiger partial charge in [-0.05, 0) is 31.9 Å². The molecule has 0 radical (unpaired) electrons. The molecular weight excluding hydrogens is 340 g/mol. The molecule has 0 bridgehead atoms. The van der Waals surface area contributed by atoms with Gasteiger partial charge in [-0.25, -0.2) is 0 Å². The van der Waals surface area contributed by atoms with Crippen LogP contribution in [-0.4, -0.2) is 16.5 Å². The summed E-state index contributed by atoms with van der Waals surface area (Å²) in [6.07, 6.45) is 1.21. The number of hydrogen-bond donors (Lipinski definition) is 1. The Morgan fingerprint density at radius 1 is 1.28 bits per heavy atom. The number of carbonyl (C=O) groups excluding carboxylic acids is 1. The SMILES string of the molecule is CC(C)(O)C(=O)CC[C@@](C#N)(c1ccccc1)c1ccc(Cl)c[n+]1[O-]. The lowest BCUT2D eigenvalue weighted by atomic mass is 9.74. The number of pyridine rings is 1. The van der Waals surface area contributed by atoms with Crippen LogP contribution in [0.5, 0.6) is 0 Å². The molecule has 130 valence electrons. The van der Waals surface area contributed by atoms with Gasteiger partial charge in [-0.15, -0.1) is 0 Å². The Kier molecular flexibility index (Phi) is 5.46. The molecule has 1 aromatic carbocycles. The maximum Gasteiger partial charge on any atom is 0.217 e. The molecule has 1 atom stereocenters. The van der Waals surface area contributed by atoms with E-state index in [1.807, 2.05) is 0 Å². The highest BCUT2D eigenvalue weighted by Gasteiger charge is 2.42. The van der Waals surface area contributed by atoms with Gasteiger partial charge in [0, 0.05) is 12.5 Å². The van der Waals surface area contributed by atoms with E-state index in [-0.39, 0.29) is 23.6 Å². The smallest absolute Gasteiger partial charge is 0.217 e. The summed E-state index contributed by atoms with van der Waals surface area (Å²) in [5.74, 6) is -0.394. The average Bonchev–Trinajstić information content (AvgIpc) is 2.57. The predicted molar refractivity (Wildman–Crippen MR) is 93.8 cm³/mol. The van der Waals surface area contributed by atoms with Gasteiger partial charge in [0.25, 0.3) is 0 Å². The summed E-state index contributed by atoms with van der Waals surface area (Å²) in [4.78, 5) is 12.2. The number of rotatable bonds is 6. The van der Waals surface area contributed by atoms with Gasteiger partial charge in [0.2, 0.25) is 5.69 Å². The number of nitriles is 1. The van der Waals surface area contributed by atoms with Crippen molar-refractivity contribution in [2.75, 3.05) is 0 Å².